The van der Waals surface area contributed by atoms with Crippen molar-refractivity contribution in [2.75, 3.05) is 14.2 Å². The lowest BCUT2D eigenvalue weighted by molar-refractivity contribution is 0.402. The topological polar surface area (TPSA) is 44.2 Å². The molecule has 2 aromatic carbocycles. The molecule has 0 fully saturated rings. The Morgan fingerprint density at radius 3 is 2.29 bits per heavy atom. The zero-order valence-electron chi connectivity index (χ0n) is 12.3. The van der Waals surface area contributed by atoms with Gasteiger partial charge in [-0.25, -0.2) is 4.98 Å². The maximum absolute atomic E-state index is 5.43. The fourth-order valence-corrected chi connectivity index (χ4v) is 2.38. The standard InChI is InChI=1S/C17H16N2O2/c1-11-14(20-2)10-9-13-15(11)18-16(19-17(13)21-3)12-7-5-4-6-8-12/h4-10H,1-3H3. The van der Waals surface area contributed by atoms with Gasteiger partial charge in [0.25, 0.3) is 0 Å². The minimum atomic E-state index is 0.574. The van der Waals surface area contributed by atoms with Gasteiger partial charge in [0.15, 0.2) is 5.82 Å². The first kappa shape index (κ1) is 13.4. The van der Waals surface area contributed by atoms with Crippen LogP contribution in [0.25, 0.3) is 22.3 Å². The number of hydrogen-bond acceptors (Lipinski definition) is 4. The average Bonchev–Trinajstić information content (AvgIpc) is 2.55. The molecule has 3 rings (SSSR count). The third-order valence-corrected chi connectivity index (χ3v) is 3.48. The predicted octanol–water partition coefficient (Wildman–Crippen LogP) is 3.62. The first-order valence-corrected chi connectivity index (χ1v) is 6.69. The molecule has 0 saturated heterocycles. The first-order valence-electron chi connectivity index (χ1n) is 6.69. The highest BCUT2D eigenvalue weighted by Gasteiger charge is 2.13. The largest absolute Gasteiger partial charge is 0.496 e. The van der Waals surface area contributed by atoms with Gasteiger partial charge in [-0.15, -0.1) is 0 Å². The maximum atomic E-state index is 5.43. The van der Waals surface area contributed by atoms with E-state index in [-0.39, 0.29) is 0 Å². The Morgan fingerprint density at radius 2 is 1.62 bits per heavy atom. The molecule has 1 heterocycles. The Labute approximate surface area is 123 Å². The molecule has 0 spiro atoms. The Kier molecular flexibility index (Phi) is 3.44. The molecular weight excluding hydrogens is 264 g/mol. The van der Waals surface area contributed by atoms with Crippen molar-refractivity contribution in [3.05, 3.63) is 48.0 Å². The van der Waals surface area contributed by atoms with Crippen molar-refractivity contribution in [2.45, 2.75) is 6.92 Å². The van der Waals surface area contributed by atoms with Gasteiger partial charge in [0.1, 0.15) is 5.75 Å². The van der Waals surface area contributed by atoms with Crippen molar-refractivity contribution >= 4 is 10.9 Å². The molecule has 0 radical (unpaired) electrons. The maximum Gasteiger partial charge on any atom is 0.224 e. The summed E-state index contributed by atoms with van der Waals surface area (Å²) in [5.41, 5.74) is 2.79. The second kappa shape index (κ2) is 5.40. The Balaban J connectivity index is 2.31. The molecular formula is C17H16N2O2. The van der Waals surface area contributed by atoms with Crippen LogP contribution in [0, 0.1) is 6.92 Å². The van der Waals surface area contributed by atoms with E-state index in [1.807, 2.05) is 49.4 Å². The third kappa shape index (κ3) is 2.29. The zero-order valence-corrected chi connectivity index (χ0v) is 12.3. The van der Waals surface area contributed by atoms with Crippen LogP contribution in [-0.4, -0.2) is 24.2 Å². The first-order chi connectivity index (χ1) is 10.2. The van der Waals surface area contributed by atoms with E-state index in [0.717, 1.165) is 27.8 Å². The van der Waals surface area contributed by atoms with Crippen LogP contribution in [0.5, 0.6) is 11.6 Å². The summed E-state index contributed by atoms with van der Waals surface area (Å²) >= 11 is 0. The van der Waals surface area contributed by atoms with Crippen LogP contribution in [0.1, 0.15) is 5.56 Å². The number of ether oxygens (including phenoxy) is 2. The molecule has 21 heavy (non-hydrogen) atoms. The number of aryl methyl sites for hydroxylation is 1. The van der Waals surface area contributed by atoms with Crippen molar-refractivity contribution in [2.24, 2.45) is 0 Å². The van der Waals surface area contributed by atoms with Gasteiger partial charge in [-0.3, -0.25) is 0 Å². The molecule has 0 aliphatic heterocycles. The van der Waals surface area contributed by atoms with Crippen LogP contribution in [0.3, 0.4) is 0 Å². The number of benzene rings is 2. The number of aromatic nitrogens is 2. The van der Waals surface area contributed by atoms with E-state index in [4.69, 9.17) is 14.5 Å². The summed E-state index contributed by atoms with van der Waals surface area (Å²) in [6, 6.07) is 13.7. The average molecular weight is 280 g/mol. The molecule has 0 unspecified atom stereocenters. The zero-order chi connectivity index (χ0) is 14.8. The lowest BCUT2D eigenvalue weighted by atomic mass is 10.1. The molecule has 0 bridgehead atoms. The second-order valence-electron chi connectivity index (χ2n) is 4.71. The summed E-state index contributed by atoms with van der Waals surface area (Å²) in [4.78, 5) is 9.20. The molecule has 4 nitrogen and oxygen atoms in total. The number of fused-ring (bicyclic) bond motifs is 1. The summed E-state index contributed by atoms with van der Waals surface area (Å²) in [5.74, 6) is 2.03. The minimum absolute atomic E-state index is 0.574. The normalized spacial score (nSPS) is 10.6. The predicted molar refractivity (Wildman–Crippen MR) is 82.8 cm³/mol. The van der Waals surface area contributed by atoms with Gasteiger partial charge in [0.05, 0.1) is 25.1 Å². The van der Waals surface area contributed by atoms with Crippen LogP contribution < -0.4 is 9.47 Å². The number of rotatable bonds is 3. The van der Waals surface area contributed by atoms with Crippen molar-refractivity contribution in [3.63, 3.8) is 0 Å². The molecule has 0 aliphatic rings. The summed E-state index contributed by atoms with van der Waals surface area (Å²) in [7, 11) is 3.28. The van der Waals surface area contributed by atoms with Crippen molar-refractivity contribution in [1.82, 2.24) is 9.97 Å². The molecule has 0 amide bonds. The van der Waals surface area contributed by atoms with Crippen LogP contribution in [-0.2, 0) is 0 Å². The highest BCUT2D eigenvalue weighted by Crippen LogP contribution is 2.32. The fourth-order valence-electron chi connectivity index (χ4n) is 2.38. The second-order valence-corrected chi connectivity index (χ2v) is 4.71. The number of hydrogen-bond donors (Lipinski definition) is 0. The van der Waals surface area contributed by atoms with Gasteiger partial charge in [-0.2, -0.15) is 4.98 Å². The van der Waals surface area contributed by atoms with Crippen molar-refractivity contribution < 1.29 is 9.47 Å². The Bertz CT molecular complexity index is 786. The van der Waals surface area contributed by atoms with Crippen LogP contribution in [0.4, 0.5) is 0 Å². The Morgan fingerprint density at radius 1 is 0.857 bits per heavy atom. The van der Waals surface area contributed by atoms with E-state index in [1.54, 1.807) is 14.2 Å². The number of nitrogens with zero attached hydrogens (tertiary/aromatic N) is 2. The molecule has 0 saturated carbocycles. The highest BCUT2D eigenvalue weighted by atomic mass is 16.5. The quantitative estimate of drug-likeness (QED) is 0.735. The summed E-state index contributed by atoms with van der Waals surface area (Å²) in [6.45, 7) is 1.99. The van der Waals surface area contributed by atoms with Gasteiger partial charge in [0, 0.05) is 11.1 Å². The van der Waals surface area contributed by atoms with E-state index in [0.29, 0.717) is 11.7 Å². The van der Waals surface area contributed by atoms with Gasteiger partial charge >= 0.3 is 0 Å². The lowest BCUT2D eigenvalue weighted by Crippen LogP contribution is -1.98. The molecule has 0 aliphatic carbocycles. The molecule has 4 heteroatoms. The van der Waals surface area contributed by atoms with Crippen molar-refractivity contribution in [3.8, 4) is 23.0 Å². The highest BCUT2D eigenvalue weighted by molar-refractivity contribution is 5.89. The SMILES string of the molecule is COc1ccc2c(OC)nc(-c3ccccc3)nc2c1C. The van der Waals surface area contributed by atoms with E-state index >= 15 is 0 Å². The van der Waals surface area contributed by atoms with Crippen molar-refractivity contribution in [1.29, 1.82) is 0 Å². The number of methoxy groups -OCH3 is 2. The van der Waals surface area contributed by atoms with Gasteiger partial charge < -0.3 is 9.47 Å². The molecule has 1 aromatic heterocycles. The van der Waals surface area contributed by atoms with Gasteiger partial charge in [-0.05, 0) is 19.1 Å². The minimum Gasteiger partial charge on any atom is -0.496 e. The van der Waals surface area contributed by atoms with E-state index in [2.05, 4.69) is 4.98 Å². The van der Waals surface area contributed by atoms with Crippen LogP contribution in [0.15, 0.2) is 42.5 Å². The lowest BCUT2D eigenvalue weighted by Gasteiger charge is -2.11. The smallest absolute Gasteiger partial charge is 0.224 e. The van der Waals surface area contributed by atoms with E-state index in [1.165, 1.54) is 0 Å². The summed E-state index contributed by atoms with van der Waals surface area (Å²) in [5, 5.41) is 0.885. The molecule has 3 aromatic rings. The van der Waals surface area contributed by atoms with Crippen LogP contribution in [0.2, 0.25) is 0 Å². The summed E-state index contributed by atoms with van der Waals surface area (Å²) in [6.07, 6.45) is 0. The fraction of sp³-hybridized carbons (Fsp3) is 0.176. The molecule has 106 valence electrons. The monoisotopic (exact) mass is 280 g/mol. The third-order valence-electron chi connectivity index (χ3n) is 3.48. The van der Waals surface area contributed by atoms with E-state index in [9.17, 15) is 0 Å². The molecule has 0 atom stereocenters. The molecule has 0 N–H and O–H groups in total. The summed E-state index contributed by atoms with van der Waals surface area (Å²) < 4.78 is 10.8. The van der Waals surface area contributed by atoms with Gasteiger partial charge in [0.2, 0.25) is 5.88 Å². The van der Waals surface area contributed by atoms with Crippen LogP contribution >= 0.6 is 0 Å². The Hall–Kier alpha value is -2.62. The van der Waals surface area contributed by atoms with E-state index < -0.39 is 0 Å². The van der Waals surface area contributed by atoms with Gasteiger partial charge in [-0.1, -0.05) is 30.3 Å².